The number of aromatic nitrogens is 3. The standard InChI is InChI=1S/C25H22FN3O4S/c1-4-33-24(32)21-14(2)22(27-15(21)3)20(30)13-34-25-28-19-8-6-5-7-18(19)23(31)29(25)17-11-9-16(26)10-12-17/h5-12,27H,4,13H2,1-3H3. The number of benzene rings is 2. The normalized spacial score (nSPS) is 11.1. The first-order chi connectivity index (χ1) is 16.3. The van der Waals surface area contributed by atoms with Gasteiger partial charge < -0.3 is 9.72 Å². The van der Waals surface area contributed by atoms with Crippen molar-refractivity contribution in [3.8, 4) is 5.69 Å². The minimum Gasteiger partial charge on any atom is -0.462 e. The van der Waals surface area contributed by atoms with Crippen LogP contribution >= 0.6 is 11.8 Å². The summed E-state index contributed by atoms with van der Waals surface area (Å²) in [5.41, 5.74) is 2.35. The first kappa shape index (κ1) is 23.4. The van der Waals surface area contributed by atoms with Gasteiger partial charge in [-0.2, -0.15) is 0 Å². The molecule has 1 N–H and O–H groups in total. The zero-order valence-corrected chi connectivity index (χ0v) is 19.7. The van der Waals surface area contributed by atoms with E-state index in [9.17, 15) is 18.8 Å². The third-order valence-corrected chi connectivity index (χ3v) is 6.30. The molecule has 4 aromatic rings. The fourth-order valence-corrected chi connectivity index (χ4v) is 4.65. The highest BCUT2D eigenvalue weighted by Crippen LogP contribution is 2.25. The van der Waals surface area contributed by atoms with Gasteiger partial charge in [0, 0.05) is 5.69 Å². The second kappa shape index (κ2) is 9.64. The lowest BCUT2D eigenvalue weighted by molar-refractivity contribution is 0.0525. The van der Waals surface area contributed by atoms with Gasteiger partial charge in [-0.3, -0.25) is 14.2 Å². The van der Waals surface area contributed by atoms with Crippen LogP contribution in [0.3, 0.4) is 0 Å². The summed E-state index contributed by atoms with van der Waals surface area (Å²) in [5, 5.41) is 0.715. The molecule has 7 nitrogen and oxygen atoms in total. The van der Waals surface area contributed by atoms with E-state index >= 15 is 0 Å². The van der Waals surface area contributed by atoms with Crippen molar-refractivity contribution in [1.82, 2.24) is 14.5 Å². The van der Waals surface area contributed by atoms with Crippen LogP contribution in [0.25, 0.3) is 16.6 Å². The number of aromatic amines is 1. The number of H-pyrrole nitrogens is 1. The third kappa shape index (κ3) is 4.38. The molecule has 0 aliphatic heterocycles. The number of carbonyl (C=O) groups excluding carboxylic acids is 2. The second-order valence-electron chi connectivity index (χ2n) is 7.59. The highest BCUT2D eigenvalue weighted by molar-refractivity contribution is 7.99. The molecule has 34 heavy (non-hydrogen) atoms. The van der Waals surface area contributed by atoms with Crippen molar-refractivity contribution in [1.29, 1.82) is 0 Å². The molecular weight excluding hydrogens is 457 g/mol. The van der Waals surface area contributed by atoms with Crippen molar-refractivity contribution in [3.63, 3.8) is 0 Å². The summed E-state index contributed by atoms with van der Waals surface area (Å²) in [6.07, 6.45) is 0. The Morgan fingerprint density at radius 1 is 1.12 bits per heavy atom. The predicted molar refractivity (Wildman–Crippen MR) is 129 cm³/mol. The van der Waals surface area contributed by atoms with Crippen molar-refractivity contribution >= 4 is 34.4 Å². The monoisotopic (exact) mass is 479 g/mol. The lowest BCUT2D eigenvalue weighted by atomic mass is 10.1. The van der Waals surface area contributed by atoms with E-state index in [0.717, 1.165) is 11.8 Å². The summed E-state index contributed by atoms with van der Waals surface area (Å²) in [7, 11) is 0. The molecular formula is C25H22FN3O4S. The molecule has 2 aromatic heterocycles. The van der Waals surface area contributed by atoms with Crippen molar-refractivity contribution < 1.29 is 18.7 Å². The third-order valence-electron chi connectivity index (χ3n) is 5.36. The molecule has 0 atom stereocenters. The highest BCUT2D eigenvalue weighted by atomic mass is 32.2. The van der Waals surface area contributed by atoms with E-state index in [1.165, 1.54) is 28.8 Å². The van der Waals surface area contributed by atoms with Crippen molar-refractivity contribution in [3.05, 3.63) is 87.2 Å². The number of aryl methyl sites for hydroxylation is 1. The topological polar surface area (TPSA) is 94.1 Å². The molecule has 0 aliphatic rings. The molecule has 0 aliphatic carbocycles. The highest BCUT2D eigenvalue weighted by Gasteiger charge is 2.23. The molecule has 174 valence electrons. The van der Waals surface area contributed by atoms with Crippen LogP contribution < -0.4 is 5.56 Å². The number of halogens is 1. The number of fused-ring (bicyclic) bond motifs is 1. The average Bonchev–Trinajstić information content (AvgIpc) is 3.12. The Morgan fingerprint density at radius 2 is 1.82 bits per heavy atom. The maximum absolute atomic E-state index is 13.5. The zero-order chi connectivity index (χ0) is 24.4. The second-order valence-corrected chi connectivity index (χ2v) is 8.53. The first-order valence-corrected chi connectivity index (χ1v) is 11.6. The number of Topliss-reactive ketones (excluding diaryl/α,β-unsaturated/α-hetero) is 1. The van der Waals surface area contributed by atoms with Gasteiger partial charge in [0.2, 0.25) is 0 Å². The number of nitrogens with zero attached hydrogens (tertiary/aromatic N) is 2. The number of para-hydroxylation sites is 1. The van der Waals surface area contributed by atoms with Crippen molar-refractivity contribution in [2.45, 2.75) is 25.9 Å². The largest absolute Gasteiger partial charge is 0.462 e. The van der Waals surface area contributed by atoms with E-state index in [0.29, 0.717) is 44.3 Å². The molecule has 2 heterocycles. The Bertz CT molecular complexity index is 1460. The average molecular weight is 480 g/mol. The molecule has 0 spiro atoms. The summed E-state index contributed by atoms with van der Waals surface area (Å²) in [6, 6.07) is 12.4. The maximum atomic E-state index is 13.5. The molecule has 0 fully saturated rings. The first-order valence-electron chi connectivity index (χ1n) is 10.6. The van der Waals surface area contributed by atoms with Gasteiger partial charge >= 0.3 is 5.97 Å². The fraction of sp³-hybridized carbons (Fsp3) is 0.200. The van der Waals surface area contributed by atoms with Crippen LogP contribution in [0.4, 0.5) is 4.39 Å². The predicted octanol–water partition coefficient (Wildman–Crippen LogP) is 4.62. The number of hydrogen-bond donors (Lipinski definition) is 1. The number of carbonyl (C=O) groups is 2. The summed E-state index contributed by atoms with van der Waals surface area (Å²) in [5.74, 6) is -1.20. The van der Waals surface area contributed by atoms with Gasteiger partial charge in [-0.1, -0.05) is 23.9 Å². The molecule has 4 rings (SSSR count). The Balaban J connectivity index is 1.70. The van der Waals surface area contributed by atoms with Gasteiger partial charge in [-0.25, -0.2) is 14.2 Å². The molecule has 0 saturated heterocycles. The number of rotatable bonds is 7. The molecule has 0 saturated carbocycles. The maximum Gasteiger partial charge on any atom is 0.340 e. The molecule has 0 radical (unpaired) electrons. The summed E-state index contributed by atoms with van der Waals surface area (Å²) >= 11 is 1.09. The Morgan fingerprint density at radius 3 is 2.53 bits per heavy atom. The van der Waals surface area contributed by atoms with E-state index in [1.54, 1.807) is 45.0 Å². The van der Waals surface area contributed by atoms with Crippen LogP contribution in [0, 0.1) is 19.7 Å². The van der Waals surface area contributed by atoms with Crippen LogP contribution in [-0.2, 0) is 4.74 Å². The quantitative estimate of drug-likeness (QED) is 0.180. The Labute approximate surface area is 199 Å². The van der Waals surface area contributed by atoms with Gasteiger partial charge in [0.05, 0.1) is 40.2 Å². The lowest BCUT2D eigenvalue weighted by Crippen LogP contribution is -2.22. The van der Waals surface area contributed by atoms with E-state index in [1.807, 2.05) is 0 Å². The molecule has 0 unspecified atom stereocenters. The smallest absolute Gasteiger partial charge is 0.340 e. The lowest BCUT2D eigenvalue weighted by Gasteiger charge is -2.13. The van der Waals surface area contributed by atoms with E-state index < -0.39 is 11.8 Å². The number of nitrogens with one attached hydrogen (secondary N) is 1. The molecule has 9 heteroatoms. The van der Waals surface area contributed by atoms with Crippen LogP contribution in [0.5, 0.6) is 0 Å². The van der Waals surface area contributed by atoms with Crippen LogP contribution in [0.15, 0.2) is 58.5 Å². The Hall–Kier alpha value is -3.72. The minimum atomic E-state index is -0.484. The fourth-order valence-electron chi connectivity index (χ4n) is 3.77. The number of hydrogen-bond acceptors (Lipinski definition) is 6. The molecule has 2 aromatic carbocycles. The number of ether oxygens (including phenoxy) is 1. The van der Waals surface area contributed by atoms with Gasteiger partial charge in [0.15, 0.2) is 10.9 Å². The SMILES string of the molecule is CCOC(=O)c1c(C)[nH]c(C(=O)CSc2nc3ccccc3c(=O)n2-c2ccc(F)cc2)c1C. The minimum absolute atomic E-state index is 0.0327. The summed E-state index contributed by atoms with van der Waals surface area (Å²) in [6.45, 7) is 5.35. The van der Waals surface area contributed by atoms with Crippen LogP contribution in [0.1, 0.15) is 39.0 Å². The van der Waals surface area contributed by atoms with Crippen molar-refractivity contribution in [2.75, 3.05) is 12.4 Å². The van der Waals surface area contributed by atoms with Gasteiger partial charge in [0.1, 0.15) is 5.82 Å². The number of thioether (sulfide) groups is 1. The molecule has 0 amide bonds. The van der Waals surface area contributed by atoms with Gasteiger partial charge in [-0.05, 0) is 62.7 Å². The molecule has 0 bridgehead atoms. The van der Waals surface area contributed by atoms with E-state index in [4.69, 9.17) is 4.74 Å². The van der Waals surface area contributed by atoms with E-state index in [-0.39, 0.29) is 23.7 Å². The van der Waals surface area contributed by atoms with Crippen LogP contribution in [0.2, 0.25) is 0 Å². The number of esters is 1. The summed E-state index contributed by atoms with van der Waals surface area (Å²) < 4.78 is 19.9. The Kier molecular flexibility index (Phi) is 6.65. The van der Waals surface area contributed by atoms with Crippen LogP contribution in [-0.4, -0.2) is 38.6 Å². The zero-order valence-electron chi connectivity index (χ0n) is 18.8. The summed E-state index contributed by atoms with van der Waals surface area (Å²) in [4.78, 5) is 46.2. The van der Waals surface area contributed by atoms with Gasteiger partial charge in [-0.15, -0.1) is 0 Å². The van der Waals surface area contributed by atoms with Crippen molar-refractivity contribution in [2.24, 2.45) is 0 Å². The van der Waals surface area contributed by atoms with E-state index in [2.05, 4.69) is 9.97 Å². The van der Waals surface area contributed by atoms with Gasteiger partial charge in [0.25, 0.3) is 5.56 Å². The number of ketones is 1.